The molecule has 2 nitrogen and oxygen atoms in total. The predicted molar refractivity (Wildman–Crippen MR) is 64.4 cm³/mol. The molecule has 0 aliphatic carbocycles. The molecule has 0 radical (unpaired) electrons. The Kier molecular flexibility index (Phi) is 3.31. The molecule has 0 amide bonds. The number of rotatable bonds is 3. The summed E-state index contributed by atoms with van der Waals surface area (Å²) < 4.78 is 11.5. The normalized spacial score (nSPS) is 23.6. The van der Waals surface area contributed by atoms with Crippen molar-refractivity contribution in [2.24, 2.45) is 0 Å². The van der Waals surface area contributed by atoms with Gasteiger partial charge in [-0.2, -0.15) is 0 Å². The summed E-state index contributed by atoms with van der Waals surface area (Å²) in [5, 5.41) is 0. The van der Waals surface area contributed by atoms with Crippen LogP contribution in [0.25, 0.3) is 0 Å². The third kappa shape index (κ3) is 2.83. The summed E-state index contributed by atoms with van der Waals surface area (Å²) in [7, 11) is 0. The van der Waals surface area contributed by atoms with E-state index in [0.29, 0.717) is 6.61 Å². The highest BCUT2D eigenvalue weighted by atomic mass is 16.6. The summed E-state index contributed by atoms with van der Waals surface area (Å²) >= 11 is 0. The number of benzene rings is 1. The number of ether oxygens (including phenoxy) is 2. The van der Waals surface area contributed by atoms with E-state index in [1.165, 1.54) is 11.1 Å². The Morgan fingerprint density at radius 1 is 1.38 bits per heavy atom. The third-order valence-corrected chi connectivity index (χ3v) is 3.12. The van der Waals surface area contributed by atoms with Crippen LogP contribution >= 0.6 is 0 Å². The topological polar surface area (TPSA) is 18.5 Å². The Morgan fingerprint density at radius 3 is 2.75 bits per heavy atom. The van der Waals surface area contributed by atoms with E-state index in [1.54, 1.807) is 0 Å². The molecule has 0 saturated carbocycles. The summed E-state index contributed by atoms with van der Waals surface area (Å²) in [5.41, 5.74) is 2.55. The van der Waals surface area contributed by atoms with E-state index in [0.717, 1.165) is 13.0 Å². The van der Waals surface area contributed by atoms with Gasteiger partial charge in [0, 0.05) is 6.42 Å². The quantitative estimate of drug-likeness (QED) is 0.779. The van der Waals surface area contributed by atoms with Crippen molar-refractivity contribution in [1.29, 1.82) is 0 Å². The van der Waals surface area contributed by atoms with Crippen molar-refractivity contribution in [1.82, 2.24) is 0 Å². The van der Waals surface area contributed by atoms with Crippen molar-refractivity contribution in [3.05, 3.63) is 35.4 Å². The van der Waals surface area contributed by atoms with E-state index in [4.69, 9.17) is 9.47 Å². The van der Waals surface area contributed by atoms with Crippen LogP contribution in [0, 0.1) is 6.92 Å². The van der Waals surface area contributed by atoms with Gasteiger partial charge in [0.15, 0.2) is 0 Å². The van der Waals surface area contributed by atoms with Crippen LogP contribution in [0.5, 0.6) is 0 Å². The minimum absolute atomic E-state index is 0.0175. The number of hydrogen-bond donors (Lipinski definition) is 0. The first-order valence-corrected chi connectivity index (χ1v) is 5.87. The maximum atomic E-state index is 5.88. The third-order valence-electron chi connectivity index (χ3n) is 3.12. The summed E-state index contributed by atoms with van der Waals surface area (Å²) in [6.45, 7) is 7.76. The largest absolute Gasteiger partial charge is 0.373 e. The van der Waals surface area contributed by atoms with Crippen molar-refractivity contribution in [3.63, 3.8) is 0 Å². The zero-order valence-electron chi connectivity index (χ0n) is 10.3. The first-order valence-electron chi connectivity index (χ1n) is 5.87. The van der Waals surface area contributed by atoms with Gasteiger partial charge in [0.05, 0.1) is 24.9 Å². The van der Waals surface area contributed by atoms with Gasteiger partial charge in [0.2, 0.25) is 0 Å². The molecule has 1 heterocycles. The maximum absolute atomic E-state index is 5.88. The van der Waals surface area contributed by atoms with Crippen molar-refractivity contribution in [2.75, 3.05) is 6.61 Å². The fourth-order valence-corrected chi connectivity index (χ4v) is 2.07. The van der Waals surface area contributed by atoms with E-state index in [2.05, 4.69) is 45.0 Å². The van der Waals surface area contributed by atoms with Crippen molar-refractivity contribution >= 4 is 0 Å². The highest BCUT2D eigenvalue weighted by Crippen LogP contribution is 2.27. The average molecular weight is 220 g/mol. The summed E-state index contributed by atoms with van der Waals surface area (Å²) in [4.78, 5) is 0. The molecule has 1 atom stereocenters. The highest BCUT2D eigenvalue weighted by Gasteiger charge is 2.32. The standard InChI is InChI=1S/C14H20O2/c1-11-6-4-5-7-12(11)9-15-13-8-14(2,3)16-10-13/h4-7,13H,8-10H2,1-3H3. The molecule has 1 fully saturated rings. The first-order chi connectivity index (χ1) is 7.57. The molecule has 88 valence electrons. The van der Waals surface area contributed by atoms with Gasteiger partial charge in [0.25, 0.3) is 0 Å². The molecular weight excluding hydrogens is 200 g/mol. The molecule has 0 spiro atoms. The Morgan fingerprint density at radius 2 is 2.12 bits per heavy atom. The van der Waals surface area contributed by atoms with E-state index >= 15 is 0 Å². The van der Waals surface area contributed by atoms with Crippen LogP contribution in [0.4, 0.5) is 0 Å². The van der Waals surface area contributed by atoms with Gasteiger partial charge in [-0.05, 0) is 31.9 Å². The Labute approximate surface area is 97.6 Å². The van der Waals surface area contributed by atoms with Gasteiger partial charge in [-0.25, -0.2) is 0 Å². The molecule has 0 aromatic heterocycles. The lowest BCUT2D eigenvalue weighted by Crippen LogP contribution is -2.18. The van der Waals surface area contributed by atoms with Crippen molar-refractivity contribution in [2.45, 2.75) is 45.5 Å². The number of aryl methyl sites for hydroxylation is 1. The summed E-state index contributed by atoms with van der Waals surface area (Å²) in [5.74, 6) is 0. The van der Waals surface area contributed by atoms with Crippen LogP contribution < -0.4 is 0 Å². The summed E-state index contributed by atoms with van der Waals surface area (Å²) in [6, 6.07) is 8.35. The van der Waals surface area contributed by atoms with Crippen LogP contribution in [-0.4, -0.2) is 18.3 Å². The van der Waals surface area contributed by atoms with E-state index in [-0.39, 0.29) is 11.7 Å². The monoisotopic (exact) mass is 220 g/mol. The van der Waals surface area contributed by atoms with Crippen molar-refractivity contribution in [3.8, 4) is 0 Å². The highest BCUT2D eigenvalue weighted by molar-refractivity contribution is 5.24. The van der Waals surface area contributed by atoms with Crippen LogP contribution in [0.2, 0.25) is 0 Å². The molecule has 1 aromatic carbocycles. The Hall–Kier alpha value is -0.860. The minimum atomic E-state index is -0.0175. The Balaban J connectivity index is 1.87. The lowest BCUT2D eigenvalue weighted by atomic mass is 10.0. The Bertz CT molecular complexity index is 358. The van der Waals surface area contributed by atoms with E-state index < -0.39 is 0 Å². The first kappa shape index (κ1) is 11.6. The second-order valence-electron chi connectivity index (χ2n) is 5.13. The molecule has 2 rings (SSSR count). The molecule has 16 heavy (non-hydrogen) atoms. The molecule has 1 saturated heterocycles. The van der Waals surface area contributed by atoms with Gasteiger partial charge in [0.1, 0.15) is 0 Å². The lowest BCUT2D eigenvalue weighted by Gasteiger charge is -2.16. The van der Waals surface area contributed by atoms with Gasteiger partial charge in [-0.1, -0.05) is 24.3 Å². The molecular formula is C14H20O2. The van der Waals surface area contributed by atoms with Crippen LogP contribution in [0.3, 0.4) is 0 Å². The van der Waals surface area contributed by atoms with E-state index in [1.807, 2.05) is 0 Å². The molecule has 2 heteroatoms. The zero-order chi connectivity index (χ0) is 11.6. The van der Waals surface area contributed by atoms with Gasteiger partial charge in [-0.15, -0.1) is 0 Å². The number of hydrogen-bond acceptors (Lipinski definition) is 2. The summed E-state index contributed by atoms with van der Waals surface area (Å²) in [6.07, 6.45) is 1.23. The SMILES string of the molecule is Cc1ccccc1COC1COC(C)(C)C1. The van der Waals surface area contributed by atoms with Gasteiger partial charge in [-0.3, -0.25) is 0 Å². The van der Waals surface area contributed by atoms with Crippen molar-refractivity contribution < 1.29 is 9.47 Å². The molecule has 1 aliphatic rings. The minimum Gasteiger partial charge on any atom is -0.373 e. The van der Waals surface area contributed by atoms with Crippen LogP contribution in [0.1, 0.15) is 31.4 Å². The fraction of sp³-hybridized carbons (Fsp3) is 0.571. The van der Waals surface area contributed by atoms with Crippen LogP contribution in [0.15, 0.2) is 24.3 Å². The molecule has 0 N–H and O–H groups in total. The fourth-order valence-electron chi connectivity index (χ4n) is 2.07. The smallest absolute Gasteiger partial charge is 0.0840 e. The predicted octanol–water partition coefficient (Wildman–Crippen LogP) is 3.08. The lowest BCUT2D eigenvalue weighted by molar-refractivity contribution is 0.0121. The van der Waals surface area contributed by atoms with Crippen LogP contribution in [-0.2, 0) is 16.1 Å². The molecule has 0 bridgehead atoms. The van der Waals surface area contributed by atoms with Gasteiger partial charge >= 0.3 is 0 Å². The molecule has 1 unspecified atom stereocenters. The molecule has 1 aromatic rings. The zero-order valence-corrected chi connectivity index (χ0v) is 10.3. The van der Waals surface area contributed by atoms with E-state index in [9.17, 15) is 0 Å². The van der Waals surface area contributed by atoms with Gasteiger partial charge < -0.3 is 9.47 Å². The molecule has 1 aliphatic heterocycles. The maximum Gasteiger partial charge on any atom is 0.0840 e. The average Bonchev–Trinajstić information content (AvgIpc) is 2.57. The second kappa shape index (κ2) is 4.56. The second-order valence-corrected chi connectivity index (χ2v) is 5.13.